The molecule has 0 saturated carbocycles. The highest BCUT2D eigenvalue weighted by Gasteiger charge is 2.41. The largest absolute Gasteiger partial charge is 0.357 e. The maximum absolute atomic E-state index is 13.9. The van der Waals surface area contributed by atoms with Crippen LogP contribution < -0.4 is 10.2 Å². The molecule has 5 rings (SSSR count). The summed E-state index contributed by atoms with van der Waals surface area (Å²) in [5.41, 5.74) is 6.28. The van der Waals surface area contributed by atoms with Gasteiger partial charge in [-0.25, -0.2) is 0 Å². The van der Waals surface area contributed by atoms with E-state index in [1.807, 2.05) is 48.5 Å². The summed E-state index contributed by atoms with van der Waals surface area (Å²) in [6.07, 6.45) is 1.06. The van der Waals surface area contributed by atoms with Gasteiger partial charge >= 0.3 is 0 Å². The molecule has 5 heteroatoms. The standard InChI is InChI=1S/C31H31ClN2O2/c1-19(35)34-27-12-8-7-11-25(27)33-26-17-21(20-13-15-22(16-14-20)31(2,3)4)18-28(36)29(26)30(34)23-9-5-6-10-24(23)32/h5-16,21,30,33H,17-18H2,1-4H3/t21-,30-/m1/s1. The molecule has 0 unspecified atom stereocenters. The number of rotatable bonds is 2. The van der Waals surface area contributed by atoms with E-state index in [1.165, 1.54) is 5.56 Å². The number of benzene rings is 3. The van der Waals surface area contributed by atoms with E-state index in [9.17, 15) is 9.59 Å². The molecule has 3 aromatic rings. The van der Waals surface area contributed by atoms with Gasteiger partial charge in [0.1, 0.15) is 0 Å². The number of halogens is 1. The Bertz CT molecular complexity index is 1370. The highest BCUT2D eigenvalue weighted by Crippen LogP contribution is 2.48. The maximum Gasteiger partial charge on any atom is 0.224 e. The van der Waals surface area contributed by atoms with E-state index in [0.717, 1.165) is 28.2 Å². The zero-order valence-electron chi connectivity index (χ0n) is 21.1. The molecular formula is C31H31ClN2O2. The molecule has 0 spiro atoms. The number of amides is 1. The number of carbonyl (C=O) groups excluding carboxylic acids is 2. The molecular weight excluding hydrogens is 468 g/mol. The van der Waals surface area contributed by atoms with Gasteiger partial charge in [0.2, 0.25) is 5.91 Å². The van der Waals surface area contributed by atoms with E-state index in [4.69, 9.17) is 11.6 Å². The van der Waals surface area contributed by atoms with Crippen LogP contribution >= 0.6 is 11.6 Å². The van der Waals surface area contributed by atoms with Gasteiger partial charge in [0, 0.05) is 29.6 Å². The Morgan fingerprint density at radius 3 is 2.28 bits per heavy atom. The number of hydrogen-bond donors (Lipinski definition) is 1. The number of fused-ring (bicyclic) bond motifs is 1. The van der Waals surface area contributed by atoms with Crippen LogP contribution in [0.15, 0.2) is 84.1 Å². The van der Waals surface area contributed by atoms with Gasteiger partial charge in [0.15, 0.2) is 5.78 Å². The SMILES string of the molecule is CC(=O)N1c2ccccc2NC2=C(C(=O)C[C@H](c3ccc(C(C)(C)C)cc3)C2)[C@H]1c1ccccc1Cl. The summed E-state index contributed by atoms with van der Waals surface area (Å²) in [7, 11) is 0. The van der Waals surface area contributed by atoms with Gasteiger partial charge in [-0.1, -0.05) is 87.0 Å². The minimum absolute atomic E-state index is 0.0395. The Labute approximate surface area is 218 Å². The highest BCUT2D eigenvalue weighted by molar-refractivity contribution is 6.31. The molecule has 0 radical (unpaired) electrons. The number of hydrogen-bond acceptors (Lipinski definition) is 3. The number of nitrogens with one attached hydrogen (secondary N) is 1. The van der Waals surface area contributed by atoms with Gasteiger partial charge in [-0.2, -0.15) is 0 Å². The lowest BCUT2D eigenvalue weighted by atomic mass is 9.77. The molecule has 0 saturated heterocycles. The Balaban J connectivity index is 1.65. The van der Waals surface area contributed by atoms with E-state index in [2.05, 4.69) is 50.4 Å². The van der Waals surface area contributed by atoms with Crippen LogP contribution in [0.4, 0.5) is 11.4 Å². The van der Waals surface area contributed by atoms with Gasteiger partial charge in [0.05, 0.1) is 17.4 Å². The van der Waals surface area contributed by atoms with Crippen molar-refractivity contribution in [2.45, 2.75) is 57.9 Å². The predicted octanol–water partition coefficient (Wildman–Crippen LogP) is 7.56. The van der Waals surface area contributed by atoms with Crippen molar-refractivity contribution in [3.63, 3.8) is 0 Å². The Kier molecular flexibility index (Phi) is 6.25. The van der Waals surface area contributed by atoms with Crippen LogP contribution in [-0.2, 0) is 15.0 Å². The lowest BCUT2D eigenvalue weighted by Gasteiger charge is -2.35. The topological polar surface area (TPSA) is 49.4 Å². The van der Waals surface area contributed by atoms with Crippen molar-refractivity contribution in [1.82, 2.24) is 0 Å². The number of carbonyl (C=O) groups is 2. The molecule has 0 fully saturated rings. The number of Topliss-reactive ketones (excluding diaryl/α,β-unsaturated/α-hetero) is 1. The van der Waals surface area contributed by atoms with Crippen molar-refractivity contribution >= 4 is 34.7 Å². The van der Waals surface area contributed by atoms with E-state index >= 15 is 0 Å². The first-order valence-corrected chi connectivity index (χ1v) is 12.8. The van der Waals surface area contributed by atoms with Gasteiger partial charge in [-0.3, -0.25) is 14.5 Å². The number of anilines is 2. The van der Waals surface area contributed by atoms with Crippen LogP contribution in [0.1, 0.15) is 69.2 Å². The molecule has 1 N–H and O–H groups in total. The Hall–Kier alpha value is -3.37. The van der Waals surface area contributed by atoms with E-state index in [-0.39, 0.29) is 23.0 Å². The summed E-state index contributed by atoms with van der Waals surface area (Å²) in [5, 5.41) is 4.09. The minimum atomic E-state index is -0.598. The summed E-state index contributed by atoms with van der Waals surface area (Å²) in [6, 6.07) is 23.3. The third kappa shape index (κ3) is 4.35. The molecule has 1 aliphatic carbocycles. The first-order valence-electron chi connectivity index (χ1n) is 12.4. The second kappa shape index (κ2) is 9.25. The van der Waals surface area contributed by atoms with Gasteiger partial charge in [-0.05, 0) is 52.6 Å². The Morgan fingerprint density at radius 2 is 1.61 bits per heavy atom. The molecule has 2 atom stereocenters. The Morgan fingerprint density at radius 1 is 0.944 bits per heavy atom. The number of nitrogens with zero attached hydrogens (tertiary/aromatic N) is 1. The van der Waals surface area contributed by atoms with Gasteiger partial charge < -0.3 is 5.32 Å². The number of ketones is 1. The van der Waals surface area contributed by atoms with Crippen molar-refractivity contribution in [3.05, 3.63) is 106 Å². The summed E-state index contributed by atoms with van der Waals surface area (Å²) in [6.45, 7) is 8.14. The molecule has 36 heavy (non-hydrogen) atoms. The third-order valence-corrected chi connectivity index (χ3v) is 7.62. The fourth-order valence-corrected chi connectivity index (χ4v) is 5.66. The zero-order valence-corrected chi connectivity index (χ0v) is 21.9. The molecule has 1 heterocycles. The average molecular weight is 499 g/mol. The van der Waals surface area contributed by atoms with Crippen LogP contribution in [0.2, 0.25) is 5.02 Å². The van der Waals surface area contributed by atoms with Crippen LogP contribution in [0.5, 0.6) is 0 Å². The molecule has 1 aliphatic heterocycles. The average Bonchev–Trinajstić information content (AvgIpc) is 2.98. The number of allylic oxidation sites excluding steroid dienone is 1. The quantitative estimate of drug-likeness (QED) is 0.396. The molecule has 4 nitrogen and oxygen atoms in total. The first-order chi connectivity index (χ1) is 17.1. The predicted molar refractivity (Wildman–Crippen MR) is 147 cm³/mol. The van der Waals surface area contributed by atoms with E-state index in [0.29, 0.717) is 23.4 Å². The summed E-state index contributed by atoms with van der Waals surface area (Å²) < 4.78 is 0. The fourth-order valence-electron chi connectivity index (χ4n) is 5.42. The smallest absolute Gasteiger partial charge is 0.224 e. The lowest BCUT2D eigenvalue weighted by molar-refractivity contribution is -0.117. The van der Waals surface area contributed by atoms with Gasteiger partial charge in [0.25, 0.3) is 0 Å². The zero-order chi connectivity index (χ0) is 25.6. The van der Waals surface area contributed by atoms with Crippen molar-refractivity contribution in [2.24, 2.45) is 0 Å². The monoisotopic (exact) mass is 498 g/mol. The first kappa shape index (κ1) is 24.3. The fraction of sp³-hybridized carbons (Fsp3) is 0.290. The van der Waals surface area contributed by atoms with Crippen molar-refractivity contribution in [2.75, 3.05) is 10.2 Å². The normalized spacial score (nSPS) is 19.8. The van der Waals surface area contributed by atoms with E-state index < -0.39 is 6.04 Å². The summed E-state index contributed by atoms with van der Waals surface area (Å²) >= 11 is 6.67. The molecule has 0 bridgehead atoms. The number of para-hydroxylation sites is 2. The summed E-state index contributed by atoms with van der Waals surface area (Å²) in [4.78, 5) is 28.7. The van der Waals surface area contributed by atoms with E-state index in [1.54, 1.807) is 11.8 Å². The van der Waals surface area contributed by atoms with Crippen molar-refractivity contribution in [1.29, 1.82) is 0 Å². The third-order valence-electron chi connectivity index (χ3n) is 7.28. The molecule has 0 aromatic heterocycles. The maximum atomic E-state index is 13.9. The van der Waals surface area contributed by atoms with Crippen molar-refractivity contribution in [3.8, 4) is 0 Å². The second-order valence-electron chi connectivity index (χ2n) is 10.7. The summed E-state index contributed by atoms with van der Waals surface area (Å²) in [5.74, 6) is -0.0473. The highest BCUT2D eigenvalue weighted by atomic mass is 35.5. The van der Waals surface area contributed by atoms with Crippen LogP contribution in [0.3, 0.4) is 0 Å². The molecule has 2 aliphatic rings. The van der Waals surface area contributed by atoms with Crippen LogP contribution in [0.25, 0.3) is 0 Å². The van der Waals surface area contributed by atoms with Gasteiger partial charge in [-0.15, -0.1) is 0 Å². The molecule has 3 aromatic carbocycles. The van der Waals surface area contributed by atoms with Crippen molar-refractivity contribution < 1.29 is 9.59 Å². The minimum Gasteiger partial charge on any atom is -0.357 e. The molecule has 1 amide bonds. The molecule has 184 valence electrons. The van der Waals surface area contributed by atoms with Crippen LogP contribution in [-0.4, -0.2) is 11.7 Å². The van der Waals surface area contributed by atoms with Crippen LogP contribution in [0, 0.1) is 0 Å². The second-order valence-corrected chi connectivity index (χ2v) is 11.2. The lowest BCUT2D eigenvalue weighted by Crippen LogP contribution is -2.37.